The van der Waals surface area contributed by atoms with E-state index in [-0.39, 0.29) is 5.79 Å². The Bertz CT molecular complexity index is 240. The van der Waals surface area contributed by atoms with Gasteiger partial charge in [0.1, 0.15) is 0 Å². The fraction of sp³-hybridized carbons (Fsp3) is 1.00. The molecule has 106 valence electrons. The number of methoxy groups -OCH3 is 2. The number of likely N-dealkylation sites (tertiary alicyclic amines) is 1. The van der Waals surface area contributed by atoms with Crippen molar-refractivity contribution in [2.45, 2.75) is 56.9 Å². The molecule has 0 atom stereocenters. The first-order chi connectivity index (χ1) is 8.73. The van der Waals surface area contributed by atoms with Gasteiger partial charge in [-0.05, 0) is 38.6 Å². The zero-order chi connectivity index (χ0) is 13.0. The van der Waals surface area contributed by atoms with E-state index < -0.39 is 0 Å². The number of hydrogen-bond acceptors (Lipinski definition) is 4. The summed E-state index contributed by atoms with van der Waals surface area (Å²) in [6, 6.07) is 1.49. The second-order valence-electron chi connectivity index (χ2n) is 5.68. The molecular weight excluding hydrogens is 228 g/mol. The largest absolute Gasteiger partial charge is 0.351 e. The van der Waals surface area contributed by atoms with Crippen LogP contribution in [0.1, 0.15) is 39.0 Å². The quantitative estimate of drug-likeness (QED) is 0.732. The topological polar surface area (TPSA) is 33.7 Å². The molecule has 0 amide bonds. The molecule has 0 aromatic carbocycles. The Morgan fingerprint density at radius 2 is 1.72 bits per heavy atom. The first kappa shape index (κ1) is 14.3. The van der Waals surface area contributed by atoms with Crippen molar-refractivity contribution in [1.29, 1.82) is 0 Å². The van der Waals surface area contributed by atoms with E-state index in [0.717, 1.165) is 31.7 Å². The van der Waals surface area contributed by atoms with Gasteiger partial charge >= 0.3 is 0 Å². The summed E-state index contributed by atoms with van der Waals surface area (Å²) in [5.74, 6) is -0.322. The van der Waals surface area contributed by atoms with Gasteiger partial charge in [-0.3, -0.25) is 4.90 Å². The van der Waals surface area contributed by atoms with E-state index in [1.165, 1.54) is 32.1 Å². The fourth-order valence-electron chi connectivity index (χ4n) is 3.17. The Balaban J connectivity index is 1.69. The predicted molar refractivity (Wildman–Crippen MR) is 72.7 cm³/mol. The molecule has 2 aliphatic rings. The van der Waals surface area contributed by atoms with E-state index in [4.69, 9.17) is 9.47 Å². The summed E-state index contributed by atoms with van der Waals surface area (Å²) in [6.07, 6.45) is 6.48. The Kier molecular flexibility index (Phi) is 5.01. The molecule has 0 radical (unpaired) electrons. The maximum absolute atomic E-state index is 5.44. The van der Waals surface area contributed by atoms with E-state index in [9.17, 15) is 0 Å². The molecule has 1 heterocycles. The second kappa shape index (κ2) is 6.33. The molecule has 0 unspecified atom stereocenters. The lowest BCUT2D eigenvalue weighted by Crippen LogP contribution is -2.66. The molecule has 4 nitrogen and oxygen atoms in total. The third kappa shape index (κ3) is 3.05. The van der Waals surface area contributed by atoms with Crippen LogP contribution in [-0.4, -0.2) is 56.6 Å². The Morgan fingerprint density at radius 1 is 1.11 bits per heavy atom. The highest BCUT2D eigenvalue weighted by molar-refractivity contribution is 4.95. The zero-order valence-electron chi connectivity index (χ0n) is 12.1. The van der Waals surface area contributed by atoms with Crippen molar-refractivity contribution in [3.05, 3.63) is 0 Å². The van der Waals surface area contributed by atoms with Gasteiger partial charge in [-0.25, -0.2) is 0 Å². The van der Waals surface area contributed by atoms with Crippen LogP contribution in [0, 0.1) is 0 Å². The predicted octanol–water partition coefficient (Wildman–Crippen LogP) is 1.60. The summed E-state index contributed by atoms with van der Waals surface area (Å²) in [6.45, 7) is 5.25. The summed E-state index contributed by atoms with van der Waals surface area (Å²) in [5, 5.41) is 3.64. The monoisotopic (exact) mass is 256 g/mol. The molecule has 2 rings (SSSR count). The van der Waals surface area contributed by atoms with Gasteiger partial charge in [-0.15, -0.1) is 0 Å². The van der Waals surface area contributed by atoms with Crippen molar-refractivity contribution in [3.8, 4) is 0 Å². The normalized spacial score (nSPS) is 32.2. The van der Waals surface area contributed by atoms with Gasteiger partial charge in [-0.1, -0.05) is 6.92 Å². The average Bonchev–Trinajstić information content (AvgIpc) is 2.38. The lowest BCUT2D eigenvalue weighted by atomic mass is 9.87. The number of rotatable bonds is 6. The molecule has 4 heteroatoms. The van der Waals surface area contributed by atoms with Crippen molar-refractivity contribution in [3.63, 3.8) is 0 Å². The number of nitrogens with zero attached hydrogens (tertiary/aromatic N) is 1. The van der Waals surface area contributed by atoms with Gasteiger partial charge in [0, 0.05) is 26.3 Å². The zero-order valence-corrected chi connectivity index (χ0v) is 12.1. The Labute approximate surface area is 111 Å². The number of ether oxygens (including phenoxy) is 2. The van der Waals surface area contributed by atoms with Gasteiger partial charge in [-0.2, -0.15) is 0 Å². The van der Waals surface area contributed by atoms with E-state index in [1.54, 1.807) is 14.2 Å². The number of hydrogen-bond donors (Lipinski definition) is 1. The summed E-state index contributed by atoms with van der Waals surface area (Å²) in [7, 11) is 3.48. The molecule has 1 N–H and O–H groups in total. The molecule has 1 saturated heterocycles. The highest BCUT2D eigenvalue weighted by Gasteiger charge is 2.46. The third-order valence-corrected chi connectivity index (χ3v) is 4.53. The van der Waals surface area contributed by atoms with Crippen LogP contribution in [-0.2, 0) is 9.47 Å². The van der Waals surface area contributed by atoms with E-state index in [2.05, 4.69) is 17.1 Å². The van der Waals surface area contributed by atoms with Gasteiger partial charge in [0.15, 0.2) is 5.79 Å². The summed E-state index contributed by atoms with van der Waals surface area (Å²) >= 11 is 0. The van der Waals surface area contributed by atoms with Crippen LogP contribution in [0.4, 0.5) is 0 Å². The molecule has 1 aliphatic heterocycles. The van der Waals surface area contributed by atoms with Gasteiger partial charge in [0.05, 0.1) is 13.1 Å². The second-order valence-corrected chi connectivity index (χ2v) is 5.68. The highest BCUT2D eigenvalue weighted by atomic mass is 16.7. The molecule has 1 aliphatic carbocycles. The van der Waals surface area contributed by atoms with Crippen LogP contribution in [0.25, 0.3) is 0 Å². The minimum atomic E-state index is -0.322. The van der Waals surface area contributed by atoms with Crippen molar-refractivity contribution in [2.75, 3.05) is 33.9 Å². The molecule has 18 heavy (non-hydrogen) atoms. The highest BCUT2D eigenvalue weighted by Crippen LogP contribution is 2.32. The van der Waals surface area contributed by atoms with Gasteiger partial charge in [0.25, 0.3) is 0 Å². The third-order valence-electron chi connectivity index (χ3n) is 4.53. The van der Waals surface area contributed by atoms with E-state index in [1.807, 2.05) is 0 Å². The SMILES string of the molecule is CCCNC1CCC(N2CC(OC)(OC)C2)CC1. The summed E-state index contributed by atoms with van der Waals surface area (Å²) in [5.41, 5.74) is 0. The maximum atomic E-state index is 5.44. The van der Waals surface area contributed by atoms with Crippen molar-refractivity contribution < 1.29 is 9.47 Å². The lowest BCUT2D eigenvalue weighted by molar-refractivity contribution is -0.283. The lowest BCUT2D eigenvalue weighted by Gasteiger charge is -2.52. The summed E-state index contributed by atoms with van der Waals surface area (Å²) in [4.78, 5) is 2.52. The van der Waals surface area contributed by atoms with Crippen LogP contribution in [0.5, 0.6) is 0 Å². The van der Waals surface area contributed by atoms with Crippen molar-refractivity contribution in [1.82, 2.24) is 10.2 Å². The summed E-state index contributed by atoms with van der Waals surface area (Å²) < 4.78 is 10.9. The van der Waals surface area contributed by atoms with Gasteiger partial charge < -0.3 is 14.8 Å². The van der Waals surface area contributed by atoms with Crippen LogP contribution in [0.2, 0.25) is 0 Å². The molecule has 0 aromatic rings. The maximum Gasteiger partial charge on any atom is 0.193 e. The molecule has 2 fully saturated rings. The number of nitrogens with one attached hydrogen (secondary N) is 1. The van der Waals surface area contributed by atoms with E-state index >= 15 is 0 Å². The van der Waals surface area contributed by atoms with E-state index in [0.29, 0.717) is 0 Å². The van der Waals surface area contributed by atoms with Crippen LogP contribution >= 0.6 is 0 Å². The molecular formula is C14H28N2O2. The molecule has 0 spiro atoms. The Morgan fingerprint density at radius 3 is 2.22 bits per heavy atom. The molecule has 0 bridgehead atoms. The first-order valence-corrected chi connectivity index (χ1v) is 7.30. The van der Waals surface area contributed by atoms with Crippen LogP contribution in [0.15, 0.2) is 0 Å². The van der Waals surface area contributed by atoms with Crippen LogP contribution < -0.4 is 5.32 Å². The van der Waals surface area contributed by atoms with Gasteiger partial charge in [0.2, 0.25) is 0 Å². The average molecular weight is 256 g/mol. The minimum absolute atomic E-state index is 0.322. The molecule has 0 aromatic heterocycles. The standard InChI is InChI=1S/C14H28N2O2/c1-4-9-15-12-5-7-13(8-6-12)16-10-14(11-16,17-2)18-3/h12-13,15H,4-11H2,1-3H3. The Hall–Kier alpha value is -0.160. The van der Waals surface area contributed by atoms with Crippen molar-refractivity contribution >= 4 is 0 Å². The molecule has 1 saturated carbocycles. The smallest absolute Gasteiger partial charge is 0.193 e. The fourth-order valence-corrected chi connectivity index (χ4v) is 3.17. The first-order valence-electron chi connectivity index (χ1n) is 7.30. The van der Waals surface area contributed by atoms with Crippen molar-refractivity contribution in [2.24, 2.45) is 0 Å². The van der Waals surface area contributed by atoms with Crippen LogP contribution in [0.3, 0.4) is 0 Å². The minimum Gasteiger partial charge on any atom is -0.351 e.